The average molecular weight is 356 g/mol. The van der Waals surface area contributed by atoms with Gasteiger partial charge in [0.1, 0.15) is 0 Å². The zero-order valence-electron chi connectivity index (χ0n) is 12.7. The summed E-state index contributed by atoms with van der Waals surface area (Å²) in [4.78, 5) is 12.9. The molecule has 0 saturated heterocycles. The summed E-state index contributed by atoms with van der Waals surface area (Å²) in [5, 5.41) is 4.24. The minimum absolute atomic E-state index is 0.106. The second-order valence-electron chi connectivity index (χ2n) is 5.39. The summed E-state index contributed by atoms with van der Waals surface area (Å²) < 4.78 is 0. The van der Waals surface area contributed by atoms with Gasteiger partial charge in [0.05, 0.1) is 5.92 Å². The number of hydrogen-bond donors (Lipinski definition) is 1. The molecule has 1 amide bonds. The van der Waals surface area contributed by atoms with Gasteiger partial charge in [0.15, 0.2) is 0 Å². The number of para-hydroxylation sites is 1. The molecule has 0 radical (unpaired) electrons. The number of carbonyl (C=O) groups is 1. The van der Waals surface area contributed by atoms with E-state index in [4.69, 9.17) is 23.2 Å². The van der Waals surface area contributed by atoms with Crippen molar-refractivity contribution in [2.75, 3.05) is 5.32 Å². The summed E-state index contributed by atoms with van der Waals surface area (Å²) in [7, 11) is 0. The fraction of sp³-hybridized carbons (Fsp3) is 0.0500. The number of amides is 1. The van der Waals surface area contributed by atoms with E-state index in [0.717, 1.165) is 16.8 Å². The standard InChI is InChI=1S/C20H15Cl2NO/c21-16-10-6-14(7-11-16)19(15-8-12-17(22)13-9-15)20(24)23-18-4-2-1-3-5-18/h1-13,19H,(H,23,24). The Morgan fingerprint density at radius 1 is 0.708 bits per heavy atom. The molecule has 3 aromatic rings. The van der Waals surface area contributed by atoms with Gasteiger partial charge in [-0.3, -0.25) is 4.79 Å². The quantitative estimate of drug-likeness (QED) is 0.632. The Morgan fingerprint density at radius 2 is 1.17 bits per heavy atom. The molecule has 120 valence electrons. The van der Waals surface area contributed by atoms with Gasteiger partial charge in [0.2, 0.25) is 5.91 Å². The highest BCUT2D eigenvalue weighted by Gasteiger charge is 2.23. The van der Waals surface area contributed by atoms with E-state index in [0.29, 0.717) is 10.0 Å². The molecular weight excluding hydrogens is 341 g/mol. The number of anilines is 1. The lowest BCUT2D eigenvalue weighted by Gasteiger charge is -2.18. The molecule has 0 aromatic heterocycles. The summed E-state index contributed by atoms with van der Waals surface area (Å²) in [5.41, 5.74) is 2.50. The predicted octanol–water partition coefficient (Wildman–Crippen LogP) is 5.76. The van der Waals surface area contributed by atoms with Crippen LogP contribution in [0.15, 0.2) is 78.9 Å². The zero-order valence-corrected chi connectivity index (χ0v) is 14.3. The van der Waals surface area contributed by atoms with Crippen molar-refractivity contribution in [3.63, 3.8) is 0 Å². The van der Waals surface area contributed by atoms with Crippen molar-refractivity contribution in [1.82, 2.24) is 0 Å². The Hall–Kier alpha value is -2.29. The van der Waals surface area contributed by atoms with Crippen molar-refractivity contribution in [3.8, 4) is 0 Å². The second kappa shape index (κ2) is 7.52. The highest BCUT2D eigenvalue weighted by molar-refractivity contribution is 6.30. The smallest absolute Gasteiger partial charge is 0.236 e. The van der Waals surface area contributed by atoms with E-state index in [9.17, 15) is 4.79 Å². The van der Waals surface area contributed by atoms with E-state index in [2.05, 4.69) is 5.32 Å². The molecule has 0 fully saturated rings. The van der Waals surface area contributed by atoms with Gasteiger partial charge < -0.3 is 5.32 Å². The van der Waals surface area contributed by atoms with Crippen LogP contribution in [0.25, 0.3) is 0 Å². The number of rotatable bonds is 4. The SMILES string of the molecule is O=C(Nc1ccccc1)C(c1ccc(Cl)cc1)c1ccc(Cl)cc1. The van der Waals surface area contributed by atoms with Gasteiger partial charge in [-0.15, -0.1) is 0 Å². The van der Waals surface area contributed by atoms with Crippen LogP contribution in [0.4, 0.5) is 5.69 Å². The van der Waals surface area contributed by atoms with Crippen LogP contribution >= 0.6 is 23.2 Å². The lowest BCUT2D eigenvalue weighted by atomic mass is 9.90. The number of carbonyl (C=O) groups excluding carboxylic acids is 1. The number of hydrogen-bond acceptors (Lipinski definition) is 1. The van der Waals surface area contributed by atoms with Crippen molar-refractivity contribution >= 4 is 34.8 Å². The molecule has 0 atom stereocenters. The first-order valence-electron chi connectivity index (χ1n) is 7.50. The lowest BCUT2D eigenvalue weighted by molar-refractivity contribution is -0.116. The molecule has 0 spiro atoms. The van der Waals surface area contributed by atoms with Crippen molar-refractivity contribution in [2.24, 2.45) is 0 Å². The van der Waals surface area contributed by atoms with Gasteiger partial charge in [-0.05, 0) is 47.5 Å². The van der Waals surface area contributed by atoms with Crippen LogP contribution in [0.1, 0.15) is 17.0 Å². The van der Waals surface area contributed by atoms with Gasteiger partial charge in [-0.2, -0.15) is 0 Å². The monoisotopic (exact) mass is 355 g/mol. The number of benzene rings is 3. The minimum atomic E-state index is -0.445. The van der Waals surface area contributed by atoms with Crippen molar-refractivity contribution < 1.29 is 4.79 Å². The van der Waals surface area contributed by atoms with Crippen molar-refractivity contribution in [1.29, 1.82) is 0 Å². The van der Waals surface area contributed by atoms with E-state index in [1.807, 2.05) is 54.6 Å². The van der Waals surface area contributed by atoms with Crippen molar-refractivity contribution in [2.45, 2.75) is 5.92 Å². The van der Waals surface area contributed by atoms with Crippen LogP contribution in [0.5, 0.6) is 0 Å². The van der Waals surface area contributed by atoms with E-state index >= 15 is 0 Å². The Labute approximate surface area is 151 Å². The zero-order chi connectivity index (χ0) is 16.9. The maximum absolute atomic E-state index is 12.9. The molecule has 3 aromatic carbocycles. The molecule has 0 aliphatic heterocycles. The molecule has 0 aliphatic rings. The normalized spacial score (nSPS) is 10.6. The molecule has 4 heteroatoms. The third-order valence-electron chi connectivity index (χ3n) is 3.71. The molecule has 24 heavy (non-hydrogen) atoms. The Morgan fingerprint density at radius 3 is 1.62 bits per heavy atom. The average Bonchev–Trinajstić information content (AvgIpc) is 2.59. The maximum Gasteiger partial charge on any atom is 0.236 e. The van der Waals surface area contributed by atoms with Gasteiger partial charge in [-0.1, -0.05) is 65.7 Å². The van der Waals surface area contributed by atoms with Gasteiger partial charge in [0.25, 0.3) is 0 Å². The molecule has 0 bridgehead atoms. The summed E-state index contributed by atoms with van der Waals surface area (Å²) in [6.07, 6.45) is 0. The van der Waals surface area contributed by atoms with E-state index < -0.39 is 5.92 Å². The molecule has 2 nitrogen and oxygen atoms in total. The molecule has 0 saturated carbocycles. The van der Waals surface area contributed by atoms with Crippen LogP contribution in [-0.2, 0) is 4.79 Å². The highest BCUT2D eigenvalue weighted by Crippen LogP contribution is 2.28. The van der Waals surface area contributed by atoms with Gasteiger partial charge in [0, 0.05) is 15.7 Å². The highest BCUT2D eigenvalue weighted by atomic mass is 35.5. The molecule has 0 unspecified atom stereocenters. The van der Waals surface area contributed by atoms with Gasteiger partial charge >= 0.3 is 0 Å². The largest absolute Gasteiger partial charge is 0.325 e. The molecule has 3 rings (SSSR count). The van der Waals surface area contributed by atoms with Crippen LogP contribution in [0, 0.1) is 0 Å². The summed E-state index contributed by atoms with van der Waals surface area (Å²) in [6.45, 7) is 0. The minimum Gasteiger partial charge on any atom is -0.325 e. The third kappa shape index (κ3) is 3.97. The van der Waals surface area contributed by atoms with Crippen LogP contribution in [0.3, 0.4) is 0 Å². The van der Waals surface area contributed by atoms with Crippen LogP contribution < -0.4 is 5.32 Å². The number of halogens is 2. The molecule has 0 heterocycles. The first-order chi connectivity index (χ1) is 11.6. The fourth-order valence-corrected chi connectivity index (χ4v) is 2.79. The Balaban J connectivity index is 1.96. The summed E-state index contributed by atoms with van der Waals surface area (Å²) in [6, 6.07) is 24.0. The maximum atomic E-state index is 12.9. The summed E-state index contributed by atoms with van der Waals surface area (Å²) in [5.74, 6) is -0.550. The van der Waals surface area contributed by atoms with Crippen LogP contribution in [-0.4, -0.2) is 5.91 Å². The molecular formula is C20H15Cl2NO. The lowest BCUT2D eigenvalue weighted by Crippen LogP contribution is -2.22. The Bertz CT molecular complexity index is 769. The third-order valence-corrected chi connectivity index (χ3v) is 4.21. The Kier molecular flexibility index (Phi) is 5.19. The fourth-order valence-electron chi connectivity index (χ4n) is 2.54. The number of nitrogens with one attached hydrogen (secondary N) is 1. The molecule has 1 N–H and O–H groups in total. The molecule has 0 aliphatic carbocycles. The van der Waals surface area contributed by atoms with E-state index in [-0.39, 0.29) is 5.91 Å². The van der Waals surface area contributed by atoms with Gasteiger partial charge in [-0.25, -0.2) is 0 Å². The first kappa shape index (κ1) is 16.6. The second-order valence-corrected chi connectivity index (χ2v) is 6.26. The first-order valence-corrected chi connectivity index (χ1v) is 8.26. The topological polar surface area (TPSA) is 29.1 Å². The predicted molar refractivity (Wildman–Crippen MR) is 99.8 cm³/mol. The summed E-state index contributed by atoms with van der Waals surface area (Å²) >= 11 is 11.9. The van der Waals surface area contributed by atoms with E-state index in [1.54, 1.807) is 24.3 Å². The van der Waals surface area contributed by atoms with Crippen LogP contribution in [0.2, 0.25) is 10.0 Å². The van der Waals surface area contributed by atoms with Crippen molar-refractivity contribution in [3.05, 3.63) is 100 Å². The van der Waals surface area contributed by atoms with E-state index in [1.165, 1.54) is 0 Å².